The van der Waals surface area contributed by atoms with Crippen molar-refractivity contribution < 1.29 is 0 Å². The fraction of sp³-hybridized carbons (Fsp3) is 1.00. The van der Waals surface area contributed by atoms with Gasteiger partial charge in [0.15, 0.2) is 0 Å². The number of halogens is 2. The van der Waals surface area contributed by atoms with Crippen molar-refractivity contribution in [3.05, 3.63) is 0 Å². The van der Waals surface area contributed by atoms with E-state index in [1.165, 1.54) is 64.2 Å². The van der Waals surface area contributed by atoms with Gasteiger partial charge in [0.2, 0.25) is 0 Å². The zero-order valence-corrected chi connectivity index (χ0v) is 23.5. The number of hydrogen-bond acceptors (Lipinski definition) is 6. The summed E-state index contributed by atoms with van der Waals surface area (Å²) in [5, 5.41) is 0. The molecule has 0 radical (unpaired) electrons. The molecule has 8 heteroatoms. The number of thioether (sulfide) groups is 6. The average Bonchev–Trinajstić information content (AvgIpc) is 2.64. The molecule has 0 aromatic rings. The fourth-order valence-corrected chi connectivity index (χ4v) is 26.2. The quantitative estimate of drug-likeness (QED) is 0.158. The van der Waals surface area contributed by atoms with Crippen LogP contribution in [-0.2, 0) is 0 Å². The first kappa shape index (κ1) is 25.3. The molecule has 0 aliphatic carbocycles. The Bertz CT molecular complexity index is 449. The molecule has 4 fully saturated rings. The second-order valence-electron chi connectivity index (χ2n) is 7.84. The van der Waals surface area contributed by atoms with E-state index in [1.54, 1.807) is 0 Å². The van der Waals surface area contributed by atoms with E-state index in [0.29, 0.717) is 13.6 Å². The Labute approximate surface area is 208 Å². The second kappa shape index (κ2) is 11.2. The summed E-state index contributed by atoms with van der Waals surface area (Å²) in [5.74, 6) is 1.61. The Kier molecular flexibility index (Phi) is 10.1. The standard InChI is InChI=1S/C20H34Cl2S6/c1-3-5-11-17-23-18(12-6-4-2)26-19(24-17,13-7-9-15-21)28-20(25-17,27-18)14-8-10-16-22/h3-16H2,1-2H3. The van der Waals surface area contributed by atoms with Crippen LogP contribution in [0.4, 0.5) is 0 Å². The largest absolute Gasteiger partial charge is 0.127 e. The van der Waals surface area contributed by atoms with Crippen molar-refractivity contribution in [2.45, 2.75) is 105 Å². The van der Waals surface area contributed by atoms with Crippen LogP contribution in [0.25, 0.3) is 0 Å². The minimum atomic E-state index is 0.330. The summed E-state index contributed by atoms with van der Waals surface area (Å²) in [6, 6.07) is 0. The van der Waals surface area contributed by atoms with Crippen molar-refractivity contribution >= 4 is 93.8 Å². The molecular weight excluding hydrogens is 504 g/mol. The van der Waals surface area contributed by atoms with E-state index in [-0.39, 0.29) is 0 Å². The molecule has 4 rings (SSSR count). The minimum absolute atomic E-state index is 0.330. The van der Waals surface area contributed by atoms with E-state index in [9.17, 15) is 0 Å². The van der Waals surface area contributed by atoms with Gasteiger partial charge in [-0.2, -0.15) is 0 Å². The van der Waals surface area contributed by atoms with Crippen molar-refractivity contribution in [2.75, 3.05) is 11.8 Å². The smallest absolute Gasteiger partial charge is 0.113 e. The Balaban J connectivity index is 1.89. The van der Waals surface area contributed by atoms with Crippen LogP contribution >= 0.6 is 93.8 Å². The minimum Gasteiger partial charge on any atom is -0.127 e. The van der Waals surface area contributed by atoms with Crippen molar-refractivity contribution in [2.24, 2.45) is 0 Å². The SMILES string of the molecule is CCCCC12SC3(CCCC)SC(CCCCCl)(S1)SC(CCCCCl)(S2)S3. The van der Waals surface area contributed by atoms with E-state index < -0.39 is 0 Å². The van der Waals surface area contributed by atoms with E-state index in [0.717, 1.165) is 24.6 Å². The van der Waals surface area contributed by atoms with E-state index in [4.69, 9.17) is 23.2 Å². The van der Waals surface area contributed by atoms with Crippen molar-refractivity contribution in [3.8, 4) is 0 Å². The van der Waals surface area contributed by atoms with Crippen LogP contribution in [0, 0.1) is 0 Å². The highest BCUT2D eigenvalue weighted by Crippen LogP contribution is 2.91. The van der Waals surface area contributed by atoms with Crippen molar-refractivity contribution in [1.29, 1.82) is 0 Å². The number of unbranched alkanes of at least 4 members (excludes halogenated alkanes) is 4. The lowest BCUT2D eigenvalue weighted by atomic mass is 10.3. The third kappa shape index (κ3) is 5.97. The summed E-state index contributed by atoms with van der Waals surface area (Å²) in [6.45, 7) is 4.69. The van der Waals surface area contributed by atoms with Crippen LogP contribution < -0.4 is 0 Å². The van der Waals surface area contributed by atoms with Crippen LogP contribution in [0.15, 0.2) is 0 Å². The number of rotatable bonds is 14. The van der Waals surface area contributed by atoms with Gasteiger partial charge in [-0.25, -0.2) is 0 Å². The molecule has 0 aromatic carbocycles. The Morgan fingerprint density at radius 3 is 1.00 bits per heavy atom. The topological polar surface area (TPSA) is 0 Å². The van der Waals surface area contributed by atoms with Gasteiger partial charge in [-0.1, -0.05) is 39.5 Å². The second-order valence-corrected chi connectivity index (χ2v) is 21.3. The van der Waals surface area contributed by atoms with Gasteiger partial charge < -0.3 is 0 Å². The van der Waals surface area contributed by atoms with Crippen LogP contribution in [0.5, 0.6) is 0 Å². The molecular formula is C20H34Cl2S6. The zero-order valence-electron chi connectivity index (χ0n) is 17.1. The number of alkyl halides is 2. The first-order valence-electron chi connectivity index (χ1n) is 10.8. The maximum atomic E-state index is 6.05. The van der Waals surface area contributed by atoms with E-state index >= 15 is 0 Å². The molecule has 0 N–H and O–H groups in total. The van der Waals surface area contributed by atoms with Gasteiger partial charge in [0.1, 0.15) is 13.6 Å². The molecule has 0 atom stereocenters. The molecule has 28 heavy (non-hydrogen) atoms. The molecule has 0 unspecified atom stereocenters. The normalized spacial score (nSPS) is 39.0. The average molecular weight is 538 g/mol. The Morgan fingerprint density at radius 2 is 0.750 bits per heavy atom. The summed E-state index contributed by atoms with van der Waals surface area (Å²) in [4.78, 5) is 0. The predicted molar refractivity (Wildman–Crippen MR) is 145 cm³/mol. The zero-order chi connectivity index (χ0) is 20.1. The summed E-state index contributed by atoms with van der Waals surface area (Å²) >= 11 is 26.1. The van der Waals surface area contributed by atoms with Crippen LogP contribution in [0.2, 0.25) is 0 Å². The molecule has 4 heterocycles. The third-order valence-corrected chi connectivity index (χ3v) is 18.0. The van der Waals surface area contributed by atoms with Crippen molar-refractivity contribution in [3.63, 3.8) is 0 Å². The van der Waals surface area contributed by atoms with Crippen molar-refractivity contribution in [1.82, 2.24) is 0 Å². The molecule has 0 amide bonds. The molecule has 0 aromatic heterocycles. The van der Waals surface area contributed by atoms with Gasteiger partial charge in [-0.3, -0.25) is 0 Å². The van der Waals surface area contributed by atoms with Gasteiger partial charge in [0.25, 0.3) is 0 Å². The third-order valence-electron chi connectivity index (χ3n) is 5.27. The summed E-state index contributed by atoms with van der Waals surface area (Å²) < 4.78 is 1.37. The molecule has 0 nitrogen and oxygen atoms in total. The lowest BCUT2D eigenvalue weighted by molar-refractivity contribution is 0.686. The van der Waals surface area contributed by atoms with Gasteiger partial charge in [-0.05, 0) is 51.4 Å². The Hall–Kier alpha value is 2.68. The molecule has 4 aliphatic heterocycles. The molecule has 164 valence electrons. The van der Waals surface area contributed by atoms with E-state index in [2.05, 4.69) is 84.4 Å². The van der Waals surface area contributed by atoms with E-state index in [1.807, 2.05) is 0 Å². The van der Waals surface area contributed by atoms with Gasteiger partial charge in [-0.15, -0.1) is 93.8 Å². The first-order chi connectivity index (χ1) is 13.5. The Morgan fingerprint density at radius 1 is 0.464 bits per heavy atom. The lowest BCUT2D eigenvalue weighted by Gasteiger charge is -2.67. The highest BCUT2D eigenvalue weighted by Gasteiger charge is 2.71. The maximum Gasteiger partial charge on any atom is 0.113 e. The molecule has 4 aliphatic rings. The maximum absolute atomic E-state index is 6.05. The summed E-state index contributed by atoms with van der Waals surface area (Å²) in [5.41, 5.74) is 0. The highest BCUT2D eigenvalue weighted by atomic mass is 35.5. The summed E-state index contributed by atoms with van der Waals surface area (Å²) in [6.07, 6.45) is 15.5. The summed E-state index contributed by atoms with van der Waals surface area (Å²) in [7, 11) is 0. The molecule has 4 bridgehead atoms. The number of hydrogen-bond donors (Lipinski definition) is 0. The highest BCUT2D eigenvalue weighted by molar-refractivity contribution is 8.64. The predicted octanol–water partition coefficient (Wildman–Crippen LogP) is 10.2. The van der Waals surface area contributed by atoms with Crippen LogP contribution in [-0.4, -0.2) is 25.4 Å². The van der Waals surface area contributed by atoms with Crippen LogP contribution in [0.3, 0.4) is 0 Å². The van der Waals surface area contributed by atoms with Gasteiger partial charge >= 0.3 is 0 Å². The van der Waals surface area contributed by atoms with Gasteiger partial charge in [0, 0.05) is 11.8 Å². The molecule has 4 saturated heterocycles. The molecule has 0 spiro atoms. The monoisotopic (exact) mass is 536 g/mol. The lowest BCUT2D eigenvalue weighted by Crippen LogP contribution is -2.53. The van der Waals surface area contributed by atoms with Crippen LogP contribution in [0.1, 0.15) is 90.9 Å². The van der Waals surface area contributed by atoms with Gasteiger partial charge in [0.05, 0.1) is 0 Å². The fourth-order valence-electron chi connectivity index (χ4n) is 3.94. The molecule has 0 saturated carbocycles. The first-order valence-corrected chi connectivity index (χ1v) is 16.8.